The van der Waals surface area contributed by atoms with Crippen molar-refractivity contribution in [2.24, 2.45) is 0 Å². The van der Waals surface area contributed by atoms with Gasteiger partial charge in [-0.25, -0.2) is 0 Å². The van der Waals surface area contributed by atoms with E-state index in [1.165, 1.54) is 21.8 Å². The Hall–Kier alpha value is -1.51. The SMILES string of the molecule is Clc1ccc2c(c1)c1ccccc1n2C[C@@H]1CO1. The predicted octanol–water partition coefficient (Wildman–Crippen LogP) is 3.85. The second-order valence-corrected chi connectivity index (χ2v) is 5.18. The van der Waals surface area contributed by atoms with Gasteiger partial charge in [0.2, 0.25) is 0 Å². The van der Waals surface area contributed by atoms with Crippen LogP contribution in [-0.4, -0.2) is 17.3 Å². The summed E-state index contributed by atoms with van der Waals surface area (Å²) in [5.41, 5.74) is 2.49. The first kappa shape index (κ1) is 10.4. The van der Waals surface area contributed by atoms with Gasteiger partial charge in [0.05, 0.1) is 19.3 Å². The van der Waals surface area contributed by atoms with Crippen molar-refractivity contribution in [2.45, 2.75) is 12.6 Å². The van der Waals surface area contributed by atoms with E-state index >= 15 is 0 Å². The van der Waals surface area contributed by atoms with Crippen LogP contribution in [0.15, 0.2) is 42.5 Å². The number of hydrogen-bond acceptors (Lipinski definition) is 1. The first-order valence-corrected chi connectivity index (χ1v) is 6.49. The van der Waals surface area contributed by atoms with Crippen molar-refractivity contribution in [3.05, 3.63) is 47.5 Å². The summed E-state index contributed by atoms with van der Waals surface area (Å²) in [7, 11) is 0. The smallest absolute Gasteiger partial charge is 0.0988 e. The van der Waals surface area contributed by atoms with Crippen LogP contribution >= 0.6 is 11.6 Å². The number of fused-ring (bicyclic) bond motifs is 3. The first-order valence-electron chi connectivity index (χ1n) is 6.11. The number of rotatable bonds is 2. The number of benzene rings is 2. The average molecular weight is 258 g/mol. The molecule has 0 saturated carbocycles. The fraction of sp³-hybridized carbons (Fsp3) is 0.200. The lowest BCUT2D eigenvalue weighted by Crippen LogP contribution is -2.03. The van der Waals surface area contributed by atoms with Crippen LogP contribution in [0.1, 0.15) is 0 Å². The molecule has 0 N–H and O–H groups in total. The number of halogens is 1. The fourth-order valence-corrected chi connectivity index (χ4v) is 2.77. The van der Waals surface area contributed by atoms with Crippen LogP contribution in [0.4, 0.5) is 0 Å². The van der Waals surface area contributed by atoms with Crippen LogP contribution in [-0.2, 0) is 11.3 Å². The van der Waals surface area contributed by atoms with Crippen LogP contribution in [0.2, 0.25) is 5.02 Å². The minimum Gasteiger partial charge on any atom is -0.371 e. The average Bonchev–Trinajstić information content (AvgIpc) is 3.15. The molecule has 1 atom stereocenters. The lowest BCUT2D eigenvalue weighted by molar-refractivity contribution is 0.387. The van der Waals surface area contributed by atoms with Crippen molar-refractivity contribution in [3.8, 4) is 0 Å². The Labute approximate surface area is 110 Å². The van der Waals surface area contributed by atoms with Crippen molar-refractivity contribution in [1.82, 2.24) is 4.57 Å². The molecule has 90 valence electrons. The van der Waals surface area contributed by atoms with E-state index in [-0.39, 0.29) is 0 Å². The third-order valence-corrected chi connectivity index (χ3v) is 3.76. The van der Waals surface area contributed by atoms with E-state index in [1.54, 1.807) is 0 Å². The van der Waals surface area contributed by atoms with Crippen molar-refractivity contribution < 1.29 is 4.74 Å². The molecule has 3 heteroatoms. The summed E-state index contributed by atoms with van der Waals surface area (Å²) in [6, 6.07) is 14.5. The van der Waals surface area contributed by atoms with Gasteiger partial charge >= 0.3 is 0 Å². The molecule has 4 rings (SSSR count). The standard InChI is InChI=1S/C15H12ClNO/c16-10-5-6-15-13(7-10)12-3-1-2-4-14(12)17(15)8-11-9-18-11/h1-7,11H,8-9H2/t11-/m1/s1. The maximum atomic E-state index is 6.11. The Kier molecular flexibility index (Phi) is 2.16. The molecule has 18 heavy (non-hydrogen) atoms. The van der Waals surface area contributed by atoms with Gasteiger partial charge < -0.3 is 9.30 Å². The molecule has 0 radical (unpaired) electrons. The van der Waals surface area contributed by atoms with Gasteiger partial charge in [-0.1, -0.05) is 29.8 Å². The zero-order chi connectivity index (χ0) is 12.1. The zero-order valence-electron chi connectivity index (χ0n) is 9.77. The van der Waals surface area contributed by atoms with E-state index < -0.39 is 0 Å². The third kappa shape index (κ3) is 1.53. The summed E-state index contributed by atoms with van der Waals surface area (Å²) >= 11 is 6.11. The lowest BCUT2D eigenvalue weighted by atomic mass is 10.2. The summed E-state index contributed by atoms with van der Waals surface area (Å²) in [4.78, 5) is 0. The fourth-order valence-electron chi connectivity index (χ4n) is 2.60. The molecule has 2 nitrogen and oxygen atoms in total. The normalized spacial score (nSPS) is 18.6. The van der Waals surface area contributed by atoms with Gasteiger partial charge in [0.1, 0.15) is 0 Å². The molecule has 1 aliphatic heterocycles. The van der Waals surface area contributed by atoms with Gasteiger partial charge in [-0.05, 0) is 24.3 Å². The monoisotopic (exact) mass is 257 g/mol. The predicted molar refractivity (Wildman–Crippen MR) is 74.2 cm³/mol. The van der Waals surface area contributed by atoms with E-state index in [0.717, 1.165) is 18.2 Å². The molecular formula is C15H12ClNO. The van der Waals surface area contributed by atoms with Gasteiger partial charge in [0, 0.05) is 26.8 Å². The highest BCUT2D eigenvalue weighted by Crippen LogP contribution is 2.32. The summed E-state index contributed by atoms with van der Waals surface area (Å²) in [5, 5.41) is 3.27. The molecule has 2 heterocycles. The van der Waals surface area contributed by atoms with E-state index in [9.17, 15) is 0 Å². The van der Waals surface area contributed by atoms with Crippen LogP contribution in [0.3, 0.4) is 0 Å². The highest BCUT2D eigenvalue weighted by Gasteiger charge is 2.24. The van der Waals surface area contributed by atoms with Crippen LogP contribution in [0.5, 0.6) is 0 Å². The Morgan fingerprint density at radius 3 is 2.72 bits per heavy atom. The van der Waals surface area contributed by atoms with Gasteiger partial charge in [-0.3, -0.25) is 0 Å². The molecule has 0 amide bonds. The van der Waals surface area contributed by atoms with Crippen LogP contribution < -0.4 is 0 Å². The molecule has 3 aromatic rings. The molecule has 1 fully saturated rings. The minimum atomic E-state index is 0.375. The Morgan fingerprint density at radius 1 is 1.11 bits per heavy atom. The van der Waals surface area contributed by atoms with Crippen LogP contribution in [0, 0.1) is 0 Å². The maximum Gasteiger partial charge on any atom is 0.0988 e. The summed E-state index contributed by atoms with van der Waals surface area (Å²) < 4.78 is 7.69. The zero-order valence-corrected chi connectivity index (χ0v) is 10.5. The van der Waals surface area contributed by atoms with Crippen molar-refractivity contribution in [2.75, 3.05) is 6.61 Å². The summed E-state index contributed by atoms with van der Waals surface area (Å²) in [6.07, 6.45) is 0.375. The minimum absolute atomic E-state index is 0.375. The number of epoxide rings is 1. The number of aromatic nitrogens is 1. The second-order valence-electron chi connectivity index (χ2n) is 4.74. The Morgan fingerprint density at radius 2 is 1.89 bits per heavy atom. The van der Waals surface area contributed by atoms with Gasteiger partial charge in [-0.15, -0.1) is 0 Å². The molecule has 2 aromatic carbocycles. The lowest BCUT2D eigenvalue weighted by Gasteiger charge is -2.04. The number of hydrogen-bond donors (Lipinski definition) is 0. The Balaban J connectivity index is 2.09. The number of nitrogens with zero attached hydrogens (tertiary/aromatic N) is 1. The second kappa shape index (κ2) is 3.74. The first-order chi connectivity index (χ1) is 8.83. The molecule has 1 aliphatic rings. The largest absolute Gasteiger partial charge is 0.371 e. The summed E-state index contributed by atoms with van der Waals surface area (Å²) in [6.45, 7) is 1.80. The maximum absolute atomic E-state index is 6.11. The summed E-state index contributed by atoms with van der Waals surface area (Å²) in [5.74, 6) is 0. The topological polar surface area (TPSA) is 17.5 Å². The highest BCUT2D eigenvalue weighted by atomic mass is 35.5. The van der Waals surface area contributed by atoms with Gasteiger partial charge in [0.15, 0.2) is 0 Å². The molecule has 0 unspecified atom stereocenters. The van der Waals surface area contributed by atoms with E-state index in [2.05, 4.69) is 34.9 Å². The highest BCUT2D eigenvalue weighted by molar-refractivity contribution is 6.31. The molecule has 1 saturated heterocycles. The van der Waals surface area contributed by atoms with E-state index in [4.69, 9.17) is 16.3 Å². The van der Waals surface area contributed by atoms with Gasteiger partial charge in [-0.2, -0.15) is 0 Å². The van der Waals surface area contributed by atoms with Crippen LogP contribution in [0.25, 0.3) is 21.8 Å². The number of ether oxygens (including phenoxy) is 1. The van der Waals surface area contributed by atoms with Crippen molar-refractivity contribution >= 4 is 33.4 Å². The molecule has 1 aromatic heterocycles. The van der Waals surface area contributed by atoms with Crippen molar-refractivity contribution in [1.29, 1.82) is 0 Å². The molecule has 0 bridgehead atoms. The quantitative estimate of drug-likeness (QED) is 0.638. The van der Waals surface area contributed by atoms with E-state index in [0.29, 0.717) is 6.10 Å². The molecule has 0 aliphatic carbocycles. The van der Waals surface area contributed by atoms with Gasteiger partial charge in [0.25, 0.3) is 0 Å². The van der Waals surface area contributed by atoms with E-state index in [1.807, 2.05) is 12.1 Å². The number of para-hydroxylation sites is 1. The van der Waals surface area contributed by atoms with Crippen molar-refractivity contribution in [3.63, 3.8) is 0 Å². The third-order valence-electron chi connectivity index (χ3n) is 3.52. The molecule has 0 spiro atoms. The Bertz CT molecular complexity index is 743. The molecular weight excluding hydrogens is 246 g/mol.